The first kappa shape index (κ1) is 19.0. The maximum absolute atomic E-state index is 6.42. The summed E-state index contributed by atoms with van der Waals surface area (Å²) in [5, 5.41) is 0.738. The van der Waals surface area contributed by atoms with E-state index in [9.17, 15) is 0 Å². The van der Waals surface area contributed by atoms with Crippen molar-refractivity contribution < 1.29 is 0 Å². The van der Waals surface area contributed by atoms with Gasteiger partial charge >= 0.3 is 0 Å². The molecule has 4 heteroatoms. The van der Waals surface area contributed by atoms with Crippen molar-refractivity contribution in [2.24, 2.45) is 0 Å². The summed E-state index contributed by atoms with van der Waals surface area (Å²) in [7, 11) is 0. The van der Waals surface area contributed by atoms with E-state index >= 15 is 0 Å². The van der Waals surface area contributed by atoms with E-state index in [2.05, 4.69) is 46.3 Å². The zero-order valence-corrected chi connectivity index (χ0v) is 16.1. The molecule has 1 heterocycles. The molecule has 0 bridgehead atoms. The number of unbranched alkanes of at least 4 members (excludes halogenated alkanes) is 6. The number of hydrogen-bond acceptors (Lipinski definition) is 1. The van der Waals surface area contributed by atoms with Crippen molar-refractivity contribution in [3.05, 3.63) is 16.1 Å². The molecule has 1 atom stereocenters. The van der Waals surface area contributed by atoms with Crippen LogP contribution in [0.3, 0.4) is 0 Å². The van der Waals surface area contributed by atoms with Crippen LogP contribution in [-0.2, 0) is 5.54 Å². The average molecular weight is 378 g/mol. The van der Waals surface area contributed by atoms with Crippen LogP contribution in [0.25, 0.3) is 0 Å². The van der Waals surface area contributed by atoms with Crippen molar-refractivity contribution >= 4 is 27.5 Å². The van der Waals surface area contributed by atoms with E-state index in [0.29, 0.717) is 0 Å². The van der Waals surface area contributed by atoms with Crippen LogP contribution < -0.4 is 0 Å². The first-order valence-corrected chi connectivity index (χ1v) is 9.61. The van der Waals surface area contributed by atoms with E-state index in [4.69, 9.17) is 11.6 Å². The van der Waals surface area contributed by atoms with E-state index in [1.54, 1.807) is 0 Å². The van der Waals surface area contributed by atoms with Crippen molar-refractivity contribution in [2.45, 2.75) is 90.5 Å². The Hall–Kier alpha value is -0.0200. The van der Waals surface area contributed by atoms with E-state index in [-0.39, 0.29) is 5.54 Å². The monoisotopic (exact) mass is 376 g/mol. The second kappa shape index (κ2) is 9.89. The average Bonchev–Trinajstić information content (AvgIpc) is 2.80. The maximum Gasteiger partial charge on any atom is 0.143 e. The zero-order chi connectivity index (χ0) is 15.7. The Balaban J connectivity index is 2.67. The van der Waals surface area contributed by atoms with Crippen LogP contribution in [-0.4, -0.2) is 9.55 Å². The summed E-state index contributed by atoms with van der Waals surface area (Å²) in [6.45, 7) is 6.85. The van der Waals surface area contributed by atoms with Gasteiger partial charge in [-0.2, -0.15) is 0 Å². The van der Waals surface area contributed by atoms with Gasteiger partial charge in [0.2, 0.25) is 0 Å². The number of aromatic nitrogens is 2. The summed E-state index contributed by atoms with van der Waals surface area (Å²) in [4.78, 5) is 4.32. The van der Waals surface area contributed by atoms with Crippen molar-refractivity contribution in [1.82, 2.24) is 9.55 Å². The first-order valence-electron chi connectivity index (χ1n) is 8.44. The lowest BCUT2D eigenvalue weighted by atomic mass is 9.88. The summed E-state index contributed by atoms with van der Waals surface area (Å²) in [6, 6.07) is 0. The zero-order valence-electron chi connectivity index (χ0n) is 13.8. The number of nitrogens with zero attached hydrogens (tertiary/aromatic N) is 2. The van der Waals surface area contributed by atoms with Crippen LogP contribution in [0.1, 0.15) is 85.0 Å². The highest BCUT2D eigenvalue weighted by molar-refractivity contribution is 9.10. The minimum absolute atomic E-state index is 0.0947. The van der Waals surface area contributed by atoms with Crippen LogP contribution in [0.5, 0.6) is 0 Å². The van der Waals surface area contributed by atoms with Gasteiger partial charge in [-0.25, -0.2) is 4.98 Å². The molecule has 0 saturated heterocycles. The normalized spacial score (nSPS) is 14.3. The third-order valence-corrected chi connectivity index (χ3v) is 5.56. The Labute approximate surface area is 143 Å². The van der Waals surface area contributed by atoms with Crippen LogP contribution in [0.4, 0.5) is 0 Å². The molecule has 2 nitrogen and oxygen atoms in total. The molecular formula is C17H30BrClN2. The van der Waals surface area contributed by atoms with Gasteiger partial charge in [0.25, 0.3) is 0 Å². The molecule has 0 fully saturated rings. The fourth-order valence-electron chi connectivity index (χ4n) is 2.92. The summed E-state index contributed by atoms with van der Waals surface area (Å²) >= 11 is 9.85. The van der Waals surface area contributed by atoms with Crippen LogP contribution >= 0.6 is 27.5 Å². The van der Waals surface area contributed by atoms with Crippen LogP contribution in [0, 0.1) is 0 Å². The number of halogens is 2. The van der Waals surface area contributed by atoms with Gasteiger partial charge in [-0.3, -0.25) is 0 Å². The third kappa shape index (κ3) is 5.94. The lowest BCUT2D eigenvalue weighted by Crippen LogP contribution is -2.30. The maximum atomic E-state index is 6.42. The molecule has 1 aromatic rings. The van der Waals surface area contributed by atoms with Gasteiger partial charge < -0.3 is 4.57 Å². The summed E-state index contributed by atoms with van der Waals surface area (Å²) in [5.74, 6) is 0. The second-order valence-electron chi connectivity index (χ2n) is 6.31. The van der Waals surface area contributed by atoms with Gasteiger partial charge in [0.05, 0.1) is 6.33 Å². The number of imidazole rings is 1. The molecule has 0 aliphatic carbocycles. The van der Waals surface area contributed by atoms with Gasteiger partial charge in [-0.1, -0.05) is 76.8 Å². The lowest BCUT2D eigenvalue weighted by Gasteiger charge is -2.32. The Bertz CT molecular complexity index is 405. The molecule has 1 rings (SSSR count). The minimum atomic E-state index is 0.0947. The molecule has 0 aliphatic heterocycles. The smallest absolute Gasteiger partial charge is 0.143 e. The van der Waals surface area contributed by atoms with Gasteiger partial charge in [0.15, 0.2) is 0 Å². The fourth-order valence-corrected chi connectivity index (χ4v) is 3.50. The van der Waals surface area contributed by atoms with Gasteiger partial charge in [0, 0.05) is 5.54 Å². The van der Waals surface area contributed by atoms with E-state index < -0.39 is 0 Å². The SMILES string of the molecule is CCCCCCCC(C)(CCCCC)n1cnc(Br)c1Cl. The minimum Gasteiger partial charge on any atom is -0.315 e. The van der Waals surface area contributed by atoms with Crippen molar-refractivity contribution in [2.75, 3.05) is 0 Å². The molecule has 0 radical (unpaired) electrons. The van der Waals surface area contributed by atoms with Gasteiger partial charge in [-0.05, 0) is 35.7 Å². The summed E-state index contributed by atoms with van der Waals surface area (Å²) in [6.07, 6.45) is 14.7. The highest BCUT2D eigenvalue weighted by atomic mass is 79.9. The molecule has 1 unspecified atom stereocenters. The molecule has 0 amide bonds. The first-order chi connectivity index (χ1) is 10.0. The molecule has 21 heavy (non-hydrogen) atoms. The van der Waals surface area contributed by atoms with E-state index in [0.717, 1.165) is 9.76 Å². The predicted octanol–water partition coefficient (Wildman–Crippen LogP) is 6.96. The molecule has 0 aromatic carbocycles. The van der Waals surface area contributed by atoms with Crippen molar-refractivity contribution in [3.63, 3.8) is 0 Å². The second-order valence-corrected chi connectivity index (χ2v) is 7.42. The molecule has 1 aromatic heterocycles. The topological polar surface area (TPSA) is 17.8 Å². The molecule has 122 valence electrons. The summed E-state index contributed by atoms with van der Waals surface area (Å²) in [5.41, 5.74) is 0.0947. The lowest BCUT2D eigenvalue weighted by molar-refractivity contribution is 0.251. The quantitative estimate of drug-likeness (QED) is 0.381. The van der Waals surface area contributed by atoms with Crippen molar-refractivity contribution in [1.29, 1.82) is 0 Å². The van der Waals surface area contributed by atoms with Crippen molar-refractivity contribution in [3.8, 4) is 0 Å². The largest absolute Gasteiger partial charge is 0.315 e. The fraction of sp³-hybridized carbons (Fsp3) is 0.824. The Kier molecular flexibility index (Phi) is 8.96. The van der Waals surface area contributed by atoms with Crippen LogP contribution in [0.2, 0.25) is 5.15 Å². The number of rotatable bonds is 11. The van der Waals surface area contributed by atoms with E-state index in [1.165, 1.54) is 64.2 Å². The summed E-state index contributed by atoms with van der Waals surface area (Å²) < 4.78 is 2.94. The van der Waals surface area contributed by atoms with E-state index in [1.807, 2.05) is 6.33 Å². The predicted molar refractivity (Wildman–Crippen MR) is 96.1 cm³/mol. The van der Waals surface area contributed by atoms with Gasteiger partial charge in [0.1, 0.15) is 9.76 Å². The molecule has 0 aliphatic rings. The molecule has 0 spiro atoms. The molecule has 0 saturated carbocycles. The van der Waals surface area contributed by atoms with Crippen LogP contribution in [0.15, 0.2) is 10.9 Å². The standard InChI is InChI=1S/C17H30BrClN2/c1-4-6-8-9-11-13-17(3,12-10-7-5-2)21-14-20-15(18)16(21)19/h14H,4-13H2,1-3H3. The Morgan fingerprint density at radius 3 is 2.10 bits per heavy atom. The Morgan fingerprint density at radius 1 is 1.05 bits per heavy atom. The van der Waals surface area contributed by atoms with Gasteiger partial charge in [-0.15, -0.1) is 0 Å². The third-order valence-electron chi connectivity index (χ3n) is 4.39. The Morgan fingerprint density at radius 2 is 1.57 bits per heavy atom. The highest BCUT2D eigenvalue weighted by Crippen LogP contribution is 2.35. The molecular weight excluding hydrogens is 348 g/mol. The highest BCUT2D eigenvalue weighted by Gasteiger charge is 2.28. The molecule has 0 N–H and O–H groups in total. The number of hydrogen-bond donors (Lipinski definition) is 0.